The molecule has 1 aromatic rings. The highest BCUT2D eigenvalue weighted by Gasteiger charge is 2.35. The van der Waals surface area contributed by atoms with Gasteiger partial charge < -0.3 is 5.32 Å². The highest BCUT2D eigenvalue weighted by atomic mass is 19.4. The van der Waals surface area contributed by atoms with Crippen molar-refractivity contribution in [2.24, 2.45) is 5.92 Å². The van der Waals surface area contributed by atoms with Crippen LogP contribution in [0.2, 0.25) is 0 Å². The second-order valence-corrected chi connectivity index (χ2v) is 4.66. The number of hydrazine groups is 1. The lowest BCUT2D eigenvalue weighted by Crippen LogP contribution is -2.28. The van der Waals surface area contributed by atoms with Crippen molar-refractivity contribution in [3.8, 4) is 0 Å². The Labute approximate surface area is 123 Å². The van der Waals surface area contributed by atoms with Crippen LogP contribution in [0.4, 0.5) is 18.9 Å². The zero-order valence-electron chi connectivity index (χ0n) is 11.2. The first-order valence-corrected chi connectivity index (χ1v) is 6.35. The second-order valence-electron chi connectivity index (χ2n) is 4.66. The van der Waals surface area contributed by atoms with Crippen LogP contribution in [0, 0.1) is 5.92 Å². The molecule has 1 heterocycles. The van der Waals surface area contributed by atoms with Crippen LogP contribution < -0.4 is 16.2 Å². The number of benzene rings is 1. The molecule has 0 aliphatic carbocycles. The van der Waals surface area contributed by atoms with E-state index >= 15 is 0 Å². The first-order valence-electron chi connectivity index (χ1n) is 6.35. The van der Waals surface area contributed by atoms with Gasteiger partial charge in [-0.05, 0) is 18.6 Å². The van der Waals surface area contributed by atoms with E-state index in [0.29, 0.717) is 0 Å². The number of rotatable bonds is 4. The van der Waals surface area contributed by atoms with Crippen molar-refractivity contribution in [3.63, 3.8) is 0 Å². The number of alkyl halides is 3. The highest BCUT2D eigenvalue weighted by molar-refractivity contribution is 6.05. The molecule has 9 heteroatoms. The van der Waals surface area contributed by atoms with Crippen LogP contribution in [0.3, 0.4) is 0 Å². The van der Waals surface area contributed by atoms with Crippen LogP contribution in [0.25, 0.3) is 0 Å². The third-order valence-corrected chi connectivity index (χ3v) is 3.11. The van der Waals surface area contributed by atoms with Crippen molar-refractivity contribution < 1.29 is 27.6 Å². The average Bonchev–Trinajstić information content (AvgIpc) is 2.75. The number of carbonyl (C=O) groups is 3. The van der Waals surface area contributed by atoms with Gasteiger partial charge >= 0.3 is 6.18 Å². The molecule has 0 unspecified atom stereocenters. The largest absolute Gasteiger partial charge is 0.418 e. The molecule has 0 atom stereocenters. The standard InChI is InChI=1S/C13H12F3N3O3/c14-13(15,16)8-3-1-2-4-9(8)17-10(20)6-5-7-11(21)18-19-12(7)22/h1-4,7H,5-6H2,(H,17,20)(H,18,21)(H,19,22). The summed E-state index contributed by atoms with van der Waals surface area (Å²) in [6, 6.07) is 4.57. The Morgan fingerprint density at radius 3 is 2.32 bits per heavy atom. The Morgan fingerprint density at radius 2 is 1.73 bits per heavy atom. The molecule has 0 bridgehead atoms. The van der Waals surface area contributed by atoms with E-state index in [1.54, 1.807) is 0 Å². The van der Waals surface area contributed by atoms with Crippen molar-refractivity contribution in [2.45, 2.75) is 19.0 Å². The zero-order chi connectivity index (χ0) is 16.3. The Morgan fingerprint density at radius 1 is 1.14 bits per heavy atom. The van der Waals surface area contributed by atoms with E-state index in [9.17, 15) is 27.6 Å². The van der Waals surface area contributed by atoms with Gasteiger partial charge in [-0.15, -0.1) is 0 Å². The van der Waals surface area contributed by atoms with Crippen molar-refractivity contribution in [3.05, 3.63) is 29.8 Å². The minimum atomic E-state index is -4.59. The summed E-state index contributed by atoms with van der Waals surface area (Å²) in [6.45, 7) is 0. The molecule has 1 aliphatic heterocycles. The van der Waals surface area contributed by atoms with E-state index in [4.69, 9.17) is 0 Å². The first kappa shape index (κ1) is 15.8. The van der Waals surface area contributed by atoms with Gasteiger partial charge in [-0.1, -0.05) is 12.1 Å². The number of hydrogen-bond acceptors (Lipinski definition) is 3. The van der Waals surface area contributed by atoms with Crippen LogP contribution in [0.5, 0.6) is 0 Å². The van der Waals surface area contributed by atoms with Crippen LogP contribution in [-0.2, 0) is 20.6 Å². The van der Waals surface area contributed by atoms with E-state index in [2.05, 4.69) is 16.2 Å². The van der Waals surface area contributed by atoms with Gasteiger partial charge in [0.15, 0.2) is 0 Å². The summed E-state index contributed by atoms with van der Waals surface area (Å²) in [6.07, 6.45) is -4.93. The third kappa shape index (κ3) is 3.54. The van der Waals surface area contributed by atoms with E-state index in [1.807, 2.05) is 0 Å². The summed E-state index contributed by atoms with van der Waals surface area (Å²) in [5.74, 6) is -2.84. The third-order valence-electron chi connectivity index (χ3n) is 3.11. The SMILES string of the molecule is O=C(CCC1C(=O)NNC1=O)Nc1ccccc1C(F)(F)F. The molecule has 1 aliphatic rings. The van der Waals surface area contributed by atoms with Gasteiger partial charge in [0.25, 0.3) is 11.8 Å². The van der Waals surface area contributed by atoms with E-state index < -0.39 is 35.4 Å². The van der Waals surface area contributed by atoms with Gasteiger partial charge in [0.2, 0.25) is 5.91 Å². The highest BCUT2D eigenvalue weighted by Crippen LogP contribution is 2.34. The van der Waals surface area contributed by atoms with Crippen molar-refractivity contribution in [1.29, 1.82) is 0 Å². The number of amides is 3. The van der Waals surface area contributed by atoms with E-state index in [0.717, 1.165) is 12.1 Å². The maximum Gasteiger partial charge on any atom is 0.418 e. The fraction of sp³-hybridized carbons (Fsp3) is 0.308. The molecule has 0 radical (unpaired) electrons. The van der Waals surface area contributed by atoms with Crippen LogP contribution >= 0.6 is 0 Å². The summed E-state index contributed by atoms with van der Waals surface area (Å²) in [5, 5.41) is 2.15. The molecule has 3 amide bonds. The van der Waals surface area contributed by atoms with E-state index in [1.165, 1.54) is 12.1 Å². The van der Waals surface area contributed by atoms with Gasteiger partial charge in [-0.3, -0.25) is 25.2 Å². The minimum absolute atomic E-state index is 0.0856. The fourth-order valence-corrected chi connectivity index (χ4v) is 2.01. The smallest absolute Gasteiger partial charge is 0.326 e. The Bertz CT molecular complexity index is 600. The predicted octanol–water partition coefficient (Wildman–Crippen LogP) is 1.20. The Balaban J connectivity index is 1.98. The first-order chi connectivity index (χ1) is 10.3. The normalized spacial score (nSPS) is 15.4. The number of nitrogens with one attached hydrogen (secondary N) is 3. The molecule has 0 aromatic heterocycles. The van der Waals surface area contributed by atoms with Gasteiger partial charge in [0, 0.05) is 6.42 Å². The van der Waals surface area contributed by atoms with Crippen LogP contribution in [0.1, 0.15) is 18.4 Å². The quantitative estimate of drug-likeness (QED) is 0.730. The lowest BCUT2D eigenvalue weighted by atomic mass is 10.0. The van der Waals surface area contributed by atoms with Crippen molar-refractivity contribution >= 4 is 23.4 Å². The molecule has 0 saturated carbocycles. The zero-order valence-corrected chi connectivity index (χ0v) is 11.2. The molecule has 2 rings (SSSR count). The second kappa shape index (κ2) is 6.04. The number of hydrogen-bond donors (Lipinski definition) is 3. The van der Waals surface area contributed by atoms with E-state index in [-0.39, 0.29) is 18.5 Å². The molecule has 6 nitrogen and oxygen atoms in total. The van der Waals surface area contributed by atoms with Gasteiger partial charge in [0.05, 0.1) is 11.3 Å². The Kier molecular flexibility index (Phi) is 4.34. The van der Waals surface area contributed by atoms with Crippen molar-refractivity contribution in [1.82, 2.24) is 10.9 Å². The number of halogens is 3. The molecular weight excluding hydrogens is 303 g/mol. The summed E-state index contributed by atoms with van der Waals surface area (Å²) >= 11 is 0. The molecule has 22 heavy (non-hydrogen) atoms. The lowest BCUT2D eigenvalue weighted by molar-refractivity contribution is -0.137. The summed E-state index contributed by atoms with van der Waals surface area (Å²) in [4.78, 5) is 34.3. The topological polar surface area (TPSA) is 87.3 Å². The molecule has 0 spiro atoms. The van der Waals surface area contributed by atoms with Gasteiger partial charge in [-0.25, -0.2) is 0 Å². The predicted molar refractivity (Wildman–Crippen MR) is 69.1 cm³/mol. The molecule has 118 valence electrons. The fourth-order valence-electron chi connectivity index (χ4n) is 2.01. The summed E-state index contributed by atoms with van der Waals surface area (Å²) in [7, 11) is 0. The summed E-state index contributed by atoms with van der Waals surface area (Å²) < 4.78 is 38.3. The van der Waals surface area contributed by atoms with Crippen LogP contribution in [-0.4, -0.2) is 17.7 Å². The molecular formula is C13H12F3N3O3. The molecule has 1 saturated heterocycles. The van der Waals surface area contributed by atoms with Crippen molar-refractivity contribution in [2.75, 3.05) is 5.32 Å². The van der Waals surface area contributed by atoms with Crippen LogP contribution in [0.15, 0.2) is 24.3 Å². The minimum Gasteiger partial charge on any atom is -0.326 e. The molecule has 1 aromatic carbocycles. The maximum atomic E-state index is 12.8. The lowest BCUT2D eigenvalue weighted by Gasteiger charge is -2.13. The average molecular weight is 315 g/mol. The molecule has 1 fully saturated rings. The van der Waals surface area contributed by atoms with Gasteiger partial charge in [-0.2, -0.15) is 13.2 Å². The number of anilines is 1. The Hall–Kier alpha value is -2.58. The maximum absolute atomic E-state index is 12.8. The molecule has 3 N–H and O–H groups in total. The number of para-hydroxylation sites is 1. The number of carbonyl (C=O) groups excluding carboxylic acids is 3. The summed E-state index contributed by atoms with van der Waals surface area (Å²) in [5.41, 5.74) is 2.89. The van der Waals surface area contributed by atoms with Gasteiger partial charge in [0.1, 0.15) is 5.92 Å². The monoisotopic (exact) mass is 315 g/mol.